The highest BCUT2D eigenvalue weighted by molar-refractivity contribution is 6.30. The maximum atomic E-state index is 13.2. The van der Waals surface area contributed by atoms with Crippen molar-refractivity contribution in [3.05, 3.63) is 106 Å². The van der Waals surface area contributed by atoms with Crippen molar-refractivity contribution >= 4 is 35.1 Å². The van der Waals surface area contributed by atoms with Crippen LogP contribution in [0.2, 0.25) is 5.02 Å². The van der Waals surface area contributed by atoms with Crippen molar-refractivity contribution in [1.29, 1.82) is 0 Å². The number of rotatable bonds is 5. The number of methoxy groups -OCH3 is 1. The number of hydrogen-bond donors (Lipinski definition) is 2. The van der Waals surface area contributed by atoms with Gasteiger partial charge in [0.05, 0.1) is 7.11 Å². The molecule has 7 nitrogen and oxygen atoms in total. The number of carbonyl (C=O) groups excluding carboxylic acids is 1. The molecule has 0 fully saturated rings. The van der Waals surface area contributed by atoms with Gasteiger partial charge in [0.15, 0.2) is 0 Å². The monoisotopic (exact) mass is 475 g/mol. The minimum atomic E-state index is -0.435. The number of hydrogen-bond acceptors (Lipinski definition) is 5. The number of aromatic nitrogens is 3. The predicted octanol–water partition coefficient (Wildman–Crippen LogP) is 5.39. The Morgan fingerprint density at radius 2 is 1.76 bits per heavy atom. The van der Waals surface area contributed by atoms with E-state index in [0.29, 0.717) is 16.5 Å². The topological polar surface area (TPSA) is 81.1 Å². The van der Waals surface area contributed by atoms with Crippen molar-refractivity contribution in [3.63, 3.8) is 0 Å². The molecule has 1 aromatic heterocycles. The molecule has 1 aliphatic rings. The zero-order valence-corrected chi connectivity index (χ0v) is 18.8. The van der Waals surface area contributed by atoms with Gasteiger partial charge in [-0.3, -0.25) is 10.1 Å². The number of halogens is 2. The molecule has 5 rings (SSSR count). The maximum absolute atomic E-state index is 13.2. The quantitative estimate of drug-likeness (QED) is 0.404. The molecule has 2 heterocycles. The molecule has 0 bridgehead atoms. The van der Waals surface area contributed by atoms with Crippen LogP contribution in [-0.2, 0) is 0 Å². The van der Waals surface area contributed by atoms with Crippen LogP contribution in [0.1, 0.15) is 27.5 Å². The molecule has 170 valence electrons. The molecular formula is C25H19ClFN5O2. The summed E-state index contributed by atoms with van der Waals surface area (Å²) < 4.78 is 20.2. The molecule has 0 spiro atoms. The number of amides is 1. The van der Waals surface area contributed by atoms with Crippen LogP contribution in [0.3, 0.4) is 0 Å². The predicted molar refractivity (Wildman–Crippen MR) is 129 cm³/mol. The lowest BCUT2D eigenvalue weighted by Gasteiger charge is -2.24. The van der Waals surface area contributed by atoms with E-state index in [1.165, 1.54) is 24.3 Å². The molecule has 0 saturated carbocycles. The summed E-state index contributed by atoms with van der Waals surface area (Å²) in [7, 11) is 1.61. The zero-order valence-electron chi connectivity index (χ0n) is 18.0. The molecule has 4 aromatic rings. The van der Waals surface area contributed by atoms with Gasteiger partial charge in [0.25, 0.3) is 11.9 Å². The largest absolute Gasteiger partial charge is 0.497 e. The standard InChI is InChI=1S/C25H19ClFN5O2/c1-34-20-12-6-16(7-13-20)22-14-21(15-2-8-18(26)9-3-15)28-25-30-24(31-32(22)25)29-23(33)17-4-10-19(27)11-5-17/h2-14,22H,1H3,(H2,28,29,30,31,33)/t22-/m0/s1. The Morgan fingerprint density at radius 3 is 2.44 bits per heavy atom. The Hall–Kier alpha value is -4.17. The van der Waals surface area contributed by atoms with Crippen LogP contribution >= 0.6 is 11.6 Å². The minimum absolute atomic E-state index is 0.126. The summed E-state index contributed by atoms with van der Waals surface area (Å²) in [6.07, 6.45) is 2.03. The summed E-state index contributed by atoms with van der Waals surface area (Å²) >= 11 is 6.06. The fourth-order valence-corrected chi connectivity index (χ4v) is 3.78. The lowest BCUT2D eigenvalue weighted by Crippen LogP contribution is -2.20. The van der Waals surface area contributed by atoms with E-state index >= 15 is 0 Å². The van der Waals surface area contributed by atoms with Crippen molar-refractivity contribution in [2.45, 2.75) is 6.04 Å². The van der Waals surface area contributed by atoms with Gasteiger partial charge in [0.2, 0.25) is 5.95 Å². The van der Waals surface area contributed by atoms with E-state index in [9.17, 15) is 9.18 Å². The van der Waals surface area contributed by atoms with Crippen LogP contribution in [0.4, 0.5) is 16.3 Å². The summed E-state index contributed by atoms with van der Waals surface area (Å²) in [6.45, 7) is 0. The lowest BCUT2D eigenvalue weighted by molar-refractivity contribution is 0.102. The number of nitrogens with zero attached hydrogens (tertiary/aromatic N) is 3. The van der Waals surface area contributed by atoms with Crippen molar-refractivity contribution < 1.29 is 13.9 Å². The number of carbonyl (C=O) groups is 1. The van der Waals surface area contributed by atoms with Crippen molar-refractivity contribution in [2.75, 3.05) is 17.7 Å². The highest BCUT2D eigenvalue weighted by Gasteiger charge is 2.26. The second-order valence-electron chi connectivity index (χ2n) is 7.59. The van der Waals surface area contributed by atoms with E-state index in [1.807, 2.05) is 54.6 Å². The summed E-state index contributed by atoms with van der Waals surface area (Å²) in [4.78, 5) is 17.1. The second kappa shape index (κ2) is 8.99. The van der Waals surface area contributed by atoms with E-state index in [-0.39, 0.29) is 12.0 Å². The number of allylic oxidation sites excluding steroid dienone is 1. The third-order valence-corrected chi connectivity index (χ3v) is 5.66. The van der Waals surface area contributed by atoms with E-state index in [0.717, 1.165) is 22.6 Å². The molecule has 1 amide bonds. The van der Waals surface area contributed by atoms with E-state index in [2.05, 4.69) is 20.7 Å². The second-order valence-corrected chi connectivity index (χ2v) is 8.03. The SMILES string of the molecule is COc1ccc([C@@H]2C=C(c3ccc(Cl)cc3)Nc3nc(NC(=O)c4ccc(F)cc4)nn32)cc1. The minimum Gasteiger partial charge on any atom is -0.497 e. The highest BCUT2D eigenvalue weighted by Crippen LogP contribution is 2.34. The maximum Gasteiger partial charge on any atom is 0.258 e. The van der Waals surface area contributed by atoms with Gasteiger partial charge in [-0.1, -0.05) is 35.9 Å². The third-order valence-electron chi connectivity index (χ3n) is 5.41. The fourth-order valence-electron chi connectivity index (χ4n) is 3.66. The first kappa shape index (κ1) is 21.7. The summed E-state index contributed by atoms with van der Waals surface area (Å²) in [5.41, 5.74) is 3.01. The van der Waals surface area contributed by atoms with Gasteiger partial charge in [-0.15, -0.1) is 5.10 Å². The van der Waals surface area contributed by atoms with Gasteiger partial charge in [0.1, 0.15) is 17.6 Å². The number of fused-ring (bicyclic) bond motifs is 1. The summed E-state index contributed by atoms with van der Waals surface area (Å²) in [5.74, 6) is 0.476. The highest BCUT2D eigenvalue weighted by atomic mass is 35.5. The van der Waals surface area contributed by atoms with Gasteiger partial charge in [-0.25, -0.2) is 9.07 Å². The van der Waals surface area contributed by atoms with Crippen LogP contribution in [0.5, 0.6) is 5.75 Å². The lowest BCUT2D eigenvalue weighted by atomic mass is 10.0. The summed E-state index contributed by atoms with van der Waals surface area (Å²) in [6, 6.07) is 20.1. The van der Waals surface area contributed by atoms with Crippen LogP contribution in [0.15, 0.2) is 78.9 Å². The van der Waals surface area contributed by atoms with Crippen LogP contribution in [0.25, 0.3) is 5.70 Å². The Balaban J connectivity index is 1.50. The van der Waals surface area contributed by atoms with Crippen LogP contribution in [0, 0.1) is 5.82 Å². The number of nitrogens with one attached hydrogen (secondary N) is 2. The Labute approximate surface area is 199 Å². The molecule has 3 aromatic carbocycles. The normalized spacial score (nSPS) is 14.6. The number of benzene rings is 3. The zero-order chi connectivity index (χ0) is 23.7. The van der Waals surface area contributed by atoms with Crippen LogP contribution < -0.4 is 15.4 Å². The number of ether oxygens (including phenoxy) is 1. The molecule has 9 heteroatoms. The average molecular weight is 476 g/mol. The van der Waals surface area contributed by atoms with E-state index in [4.69, 9.17) is 16.3 Å². The molecule has 0 aliphatic carbocycles. The average Bonchev–Trinajstić information content (AvgIpc) is 3.26. The van der Waals surface area contributed by atoms with Gasteiger partial charge >= 0.3 is 0 Å². The van der Waals surface area contributed by atoms with E-state index < -0.39 is 11.7 Å². The first-order valence-corrected chi connectivity index (χ1v) is 10.8. The van der Waals surface area contributed by atoms with Gasteiger partial charge in [0, 0.05) is 16.3 Å². The summed E-state index contributed by atoms with van der Waals surface area (Å²) in [5, 5.41) is 11.1. The molecule has 0 radical (unpaired) electrons. The first-order chi connectivity index (χ1) is 16.5. The molecule has 0 unspecified atom stereocenters. The van der Waals surface area contributed by atoms with Crippen LogP contribution in [-0.4, -0.2) is 27.8 Å². The molecule has 34 heavy (non-hydrogen) atoms. The molecule has 2 N–H and O–H groups in total. The Morgan fingerprint density at radius 1 is 1.06 bits per heavy atom. The Kier molecular flexibility index (Phi) is 5.73. The molecular weight excluding hydrogens is 457 g/mol. The van der Waals surface area contributed by atoms with E-state index in [1.54, 1.807) is 11.8 Å². The Bertz CT molecular complexity index is 1370. The van der Waals surface area contributed by atoms with Crippen molar-refractivity contribution in [2.24, 2.45) is 0 Å². The van der Waals surface area contributed by atoms with Gasteiger partial charge in [-0.2, -0.15) is 4.98 Å². The number of anilines is 2. The molecule has 1 atom stereocenters. The van der Waals surface area contributed by atoms with Gasteiger partial charge < -0.3 is 10.1 Å². The third kappa shape index (κ3) is 4.35. The first-order valence-electron chi connectivity index (χ1n) is 10.4. The smallest absolute Gasteiger partial charge is 0.258 e. The van der Waals surface area contributed by atoms with Gasteiger partial charge in [-0.05, 0) is 65.7 Å². The van der Waals surface area contributed by atoms with Crippen molar-refractivity contribution in [1.82, 2.24) is 14.8 Å². The van der Waals surface area contributed by atoms with Crippen molar-refractivity contribution in [3.8, 4) is 5.75 Å². The molecule has 1 aliphatic heterocycles. The molecule has 0 saturated heterocycles. The fraction of sp³-hybridized carbons (Fsp3) is 0.0800.